The van der Waals surface area contributed by atoms with Crippen LogP contribution in [0.1, 0.15) is 54.9 Å². The first-order valence-electron chi connectivity index (χ1n) is 6.90. The summed E-state index contributed by atoms with van der Waals surface area (Å²) in [4.78, 5) is 11.7. The Balaban J connectivity index is 2.37. The number of rotatable bonds is 7. The summed E-state index contributed by atoms with van der Waals surface area (Å²) in [7, 11) is 0. The molecule has 0 heterocycles. The zero-order valence-electron chi connectivity index (χ0n) is 11.6. The molecular weight excluding hydrogens is 267 g/mol. The SMILES string of the molecule is CCCCCCCNC(=O)c1ccc(C(F)(F)F)cc1. The molecule has 0 fully saturated rings. The number of hydrogen-bond acceptors (Lipinski definition) is 1. The maximum atomic E-state index is 12.4. The molecule has 0 aliphatic carbocycles. The van der Waals surface area contributed by atoms with Crippen LogP contribution in [0.4, 0.5) is 13.2 Å². The van der Waals surface area contributed by atoms with E-state index in [9.17, 15) is 18.0 Å². The quantitative estimate of drug-likeness (QED) is 0.740. The van der Waals surface area contributed by atoms with Crippen molar-refractivity contribution in [2.45, 2.75) is 45.2 Å². The van der Waals surface area contributed by atoms with Crippen molar-refractivity contribution in [2.75, 3.05) is 6.54 Å². The van der Waals surface area contributed by atoms with Gasteiger partial charge in [0.1, 0.15) is 0 Å². The molecule has 5 heteroatoms. The van der Waals surface area contributed by atoms with Crippen molar-refractivity contribution in [1.29, 1.82) is 0 Å². The molecule has 0 aliphatic heterocycles. The second-order valence-electron chi connectivity index (χ2n) is 4.75. The lowest BCUT2D eigenvalue weighted by atomic mass is 10.1. The predicted octanol–water partition coefficient (Wildman–Crippen LogP) is 4.41. The maximum absolute atomic E-state index is 12.4. The minimum Gasteiger partial charge on any atom is -0.352 e. The minimum atomic E-state index is -4.37. The molecule has 0 radical (unpaired) electrons. The van der Waals surface area contributed by atoms with Crippen LogP contribution in [0.2, 0.25) is 0 Å². The first kappa shape index (κ1) is 16.5. The molecule has 0 spiro atoms. The van der Waals surface area contributed by atoms with Gasteiger partial charge in [-0.1, -0.05) is 32.6 Å². The molecule has 1 aromatic carbocycles. The van der Waals surface area contributed by atoms with Gasteiger partial charge in [0.25, 0.3) is 5.91 Å². The lowest BCUT2D eigenvalue weighted by Crippen LogP contribution is -2.24. The van der Waals surface area contributed by atoms with Gasteiger partial charge in [-0.15, -0.1) is 0 Å². The highest BCUT2D eigenvalue weighted by Crippen LogP contribution is 2.29. The van der Waals surface area contributed by atoms with Crippen molar-refractivity contribution in [3.8, 4) is 0 Å². The molecule has 20 heavy (non-hydrogen) atoms. The Hall–Kier alpha value is -1.52. The zero-order valence-corrected chi connectivity index (χ0v) is 11.6. The average molecular weight is 287 g/mol. The van der Waals surface area contributed by atoms with Gasteiger partial charge in [-0.25, -0.2) is 0 Å². The number of benzene rings is 1. The summed E-state index contributed by atoms with van der Waals surface area (Å²) in [6, 6.07) is 4.26. The van der Waals surface area contributed by atoms with Gasteiger partial charge in [-0.3, -0.25) is 4.79 Å². The summed E-state index contributed by atoms with van der Waals surface area (Å²) in [5.41, 5.74) is -0.486. The van der Waals surface area contributed by atoms with E-state index in [1.807, 2.05) is 0 Å². The Bertz CT molecular complexity index is 412. The van der Waals surface area contributed by atoms with E-state index in [0.717, 1.165) is 37.8 Å². The van der Waals surface area contributed by atoms with E-state index in [4.69, 9.17) is 0 Å². The third kappa shape index (κ3) is 5.63. The Labute approximate surface area is 117 Å². The number of amides is 1. The molecule has 0 aliphatic rings. The number of halogens is 3. The van der Waals surface area contributed by atoms with Gasteiger partial charge in [0.2, 0.25) is 0 Å². The van der Waals surface area contributed by atoms with Gasteiger partial charge in [0.05, 0.1) is 5.56 Å². The summed E-state index contributed by atoms with van der Waals surface area (Å²) >= 11 is 0. The molecule has 0 atom stereocenters. The topological polar surface area (TPSA) is 29.1 Å². The normalized spacial score (nSPS) is 11.4. The highest BCUT2D eigenvalue weighted by molar-refractivity contribution is 5.94. The third-order valence-corrected chi connectivity index (χ3v) is 3.04. The third-order valence-electron chi connectivity index (χ3n) is 3.04. The fraction of sp³-hybridized carbons (Fsp3) is 0.533. The molecule has 1 rings (SSSR count). The zero-order chi connectivity index (χ0) is 15.0. The van der Waals surface area contributed by atoms with Crippen LogP contribution in [0, 0.1) is 0 Å². The molecule has 0 saturated heterocycles. The van der Waals surface area contributed by atoms with Gasteiger partial charge in [-0.05, 0) is 30.7 Å². The fourth-order valence-electron chi connectivity index (χ4n) is 1.84. The monoisotopic (exact) mass is 287 g/mol. The van der Waals surface area contributed by atoms with Crippen molar-refractivity contribution >= 4 is 5.91 Å². The first-order valence-corrected chi connectivity index (χ1v) is 6.90. The van der Waals surface area contributed by atoms with E-state index < -0.39 is 11.7 Å². The van der Waals surface area contributed by atoms with Crippen molar-refractivity contribution in [2.24, 2.45) is 0 Å². The molecule has 0 unspecified atom stereocenters. The molecule has 112 valence electrons. The van der Waals surface area contributed by atoms with Crippen molar-refractivity contribution < 1.29 is 18.0 Å². The van der Waals surface area contributed by atoms with E-state index in [2.05, 4.69) is 12.2 Å². The number of carbonyl (C=O) groups excluding carboxylic acids is 1. The second kappa shape index (κ2) is 7.92. The molecule has 0 aromatic heterocycles. The Kier molecular flexibility index (Phi) is 6.55. The summed E-state index contributed by atoms with van der Waals surface area (Å²) < 4.78 is 37.1. The van der Waals surface area contributed by atoms with Crippen LogP contribution >= 0.6 is 0 Å². The van der Waals surface area contributed by atoms with Crippen LogP contribution in [0.15, 0.2) is 24.3 Å². The lowest BCUT2D eigenvalue weighted by Gasteiger charge is -2.08. The van der Waals surface area contributed by atoms with Crippen LogP contribution in [-0.2, 0) is 6.18 Å². The standard InChI is InChI=1S/C15H20F3NO/c1-2-3-4-5-6-11-19-14(20)12-7-9-13(10-8-12)15(16,17)18/h7-10H,2-6,11H2,1H3,(H,19,20). The van der Waals surface area contributed by atoms with Gasteiger partial charge >= 0.3 is 6.18 Å². The van der Waals surface area contributed by atoms with Crippen LogP contribution in [0.3, 0.4) is 0 Å². The summed E-state index contributed by atoms with van der Waals surface area (Å²) in [6.07, 6.45) is 1.08. The highest BCUT2D eigenvalue weighted by atomic mass is 19.4. The Morgan fingerprint density at radius 3 is 2.20 bits per heavy atom. The molecule has 2 nitrogen and oxygen atoms in total. The summed E-state index contributed by atoms with van der Waals surface area (Å²) in [5, 5.41) is 2.71. The van der Waals surface area contributed by atoms with E-state index in [1.54, 1.807) is 0 Å². The van der Waals surface area contributed by atoms with Gasteiger partial charge in [0.15, 0.2) is 0 Å². The predicted molar refractivity (Wildman–Crippen MR) is 72.5 cm³/mol. The van der Waals surface area contributed by atoms with E-state index >= 15 is 0 Å². The van der Waals surface area contributed by atoms with Gasteiger partial charge in [0, 0.05) is 12.1 Å². The number of unbranched alkanes of at least 4 members (excludes halogenated alkanes) is 4. The molecule has 1 aromatic rings. The van der Waals surface area contributed by atoms with Crippen LogP contribution < -0.4 is 5.32 Å². The van der Waals surface area contributed by atoms with Gasteiger partial charge in [-0.2, -0.15) is 13.2 Å². The minimum absolute atomic E-state index is 0.256. The maximum Gasteiger partial charge on any atom is 0.416 e. The van der Waals surface area contributed by atoms with E-state index in [0.29, 0.717) is 6.54 Å². The smallest absolute Gasteiger partial charge is 0.352 e. The second-order valence-corrected chi connectivity index (χ2v) is 4.75. The Morgan fingerprint density at radius 1 is 1.05 bits per heavy atom. The number of nitrogens with one attached hydrogen (secondary N) is 1. The fourth-order valence-corrected chi connectivity index (χ4v) is 1.84. The molecule has 1 amide bonds. The number of carbonyl (C=O) groups is 1. The van der Waals surface area contributed by atoms with E-state index in [-0.39, 0.29) is 11.5 Å². The van der Waals surface area contributed by atoms with Crippen molar-refractivity contribution in [1.82, 2.24) is 5.32 Å². The van der Waals surface area contributed by atoms with Crippen LogP contribution in [0.25, 0.3) is 0 Å². The van der Waals surface area contributed by atoms with Crippen molar-refractivity contribution in [3.63, 3.8) is 0 Å². The average Bonchev–Trinajstić information content (AvgIpc) is 2.41. The van der Waals surface area contributed by atoms with Crippen molar-refractivity contribution in [3.05, 3.63) is 35.4 Å². The van der Waals surface area contributed by atoms with Crippen LogP contribution in [0.5, 0.6) is 0 Å². The molecule has 0 saturated carbocycles. The number of alkyl halides is 3. The first-order chi connectivity index (χ1) is 9.45. The van der Waals surface area contributed by atoms with E-state index in [1.165, 1.54) is 18.6 Å². The van der Waals surface area contributed by atoms with Crippen LogP contribution in [-0.4, -0.2) is 12.5 Å². The molecule has 1 N–H and O–H groups in total. The lowest BCUT2D eigenvalue weighted by molar-refractivity contribution is -0.137. The highest BCUT2D eigenvalue weighted by Gasteiger charge is 2.30. The number of hydrogen-bond donors (Lipinski definition) is 1. The summed E-state index contributed by atoms with van der Waals surface area (Å²) in [6.45, 7) is 2.69. The summed E-state index contributed by atoms with van der Waals surface area (Å²) in [5.74, 6) is -0.325. The molecular formula is C15H20F3NO. The molecule has 0 bridgehead atoms. The Morgan fingerprint density at radius 2 is 1.65 bits per heavy atom. The largest absolute Gasteiger partial charge is 0.416 e. The van der Waals surface area contributed by atoms with Gasteiger partial charge < -0.3 is 5.32 Å².